The molecule has 0 bridgehead atoms. The van der Waals surface area contributed by atoms with Crippen molar-refractivity contribution >= 4 is 5.91 Å². The molecule has 1 heterocycles. The van der Waals surface area contributed by atoms with Gasteiger partial charge in [-0.25, -0.2) is 0 Å². The third kappa shape index (κ3) is 3.63. The first-order valence-electron chi connectivity index (χ1n) is 7.52. The van der Waals surface area contributed by atoms with Crippen LogP contribution < -0.4 is 14.8 Å². The molecule has 0 aliphatic carbocycles. The number of nitrogens with one attached hydrogen (secondary N) is 1. The maximum absolute atomic E-state index is 12.3. The van der Waals surface area contributed by atoms with Gasteiger partial charge in [0.2, 0.25) is 6.79 Å². The summed E-state index contributed by atoms with van der Waals surface area (Å²) in [6, 6.07) is 15.3. The van der Waals surface area contributed by atoms with Crippen LogP contribution in [0.3, 0.4) is 0 Å². The first kappa shape index (κ1) is 15.4. The van der Waals surface area contributed by atoms with Crippen LogP contribution in [0.2, 0.25) is 0 Å². The number of methoxy groups -OCH3 is 1. The van der Waals surface area contributed by atoms with Gasteiger partial charge in [-0.3, -0.25) is 4.79 Å². The highest BCUT2D eigenvalue weighted by Crippen LogP contribution is 2.32. The number of amides is 1. The average Bonchev–Trinajstić information content (AvgIpc) is 3.04. The molecule has 0 saturated heterocycles. The van der Waals surface area contributed by atoms with E-state index in [4.69, 9.17) is 14.2 Å². The van der Waals surface area contributed by atoms with Crippen LogP contribution in [0.1, 0.15) is 17.2 Å². The smallest absolute Gasteiger partial charge is 0.253 e. The molecule has 0 fully saturated rings. The number of fused-ring (bicyclic) bond motifs is 1. The molecule has 0 saturated carbocycles. The van der Waals surface area contributed by atoms with Crippen LogP contribution in [0.5, 0.6) is 11.5 Å². The van der Waals surface area contributed by atoms with Crippen LogP contribution >= 0.6 is 0 Å². The second-order valence-electron chi connectivity index (χ2n) is 5.26. The van der Waals surface area contributed by atoms with Crippen molar-refractivity contribution in [2.45, 2.75) is 12.5 Å². The van der Waals surface area contributed by atoms with Crippen LogP contribution in [0, 0.1) is 0 Å². The fourth-order valence-corrected chi connectivity index (χ4v) is 2.54. The minimum Gasteiger partial charge on any atom is -0.454 e. The number of ether oxygens (including phenoxy) is 3. The molecule has 23 heavy (non-hydrogen) atoms. The molecule has 1 aliphatic rings. The van der Waals surface area contributed by atoms with Gasteiger partial charge in [0.15, 0.2) is 17.6 Å². The van der Waals surface area contributed by atoms with E-state index in [9.17, 15) is 4.79 Å². The Morgan fingerprint density at radius 3 is 2.74 bits per heavy atom. The van der Waals surface area contributed by atoms with Crippen molar-refractivity contribution in [3.8, 4) is 11.5 Å². The van der Waals surface area contributed by atoms with E-state index < -0.39 is 6.10 Å². The maximum atomic E-state index is 12.3. The quantitative estimate of drug-likeness (QED) is 0.890. The van der Waals surface area contributed by atoms with Gasteiger partial charge in [-0.2, -0.15) is 0 Å². The van der Waals surface area contributed by atoms with Gasteiger partial charge in [0.05, 0.1) is 0 Å². The Morgan fingerprint density at radius 1 is 1.17 bits per heavy atom. The van der Waals surface area contributed by atoms with Crippen molar-refractivity contribution < 1.29 is 19.0 Å². The standard InChI is InChI=1S/C18H19NO4/c1-21-17(14-5-3-2-4-6-14)18(20)19-10-9-13-7-8-15-16(11-13)23-12-22-15/h2-8,11,17H,9-10,12H2,1H3,(H,19,20). The van der Waals surface area contributed by atoms with Gasteiger partial charge in [-0.15, -0.1) is 0 Å². The largest absolute Gasteiger partial charge is 0.454 e. The van der Waals surface area contributed by atoms with Gasteiger partial charge in [-0.05, 0) is 29.7 Å². The number of hydrogen-bond acceptors (Lipinski definition) is 4. The first-order valence-corrected chi connectivity index (χ1v) is 7.52. The normalized spacial score (nSPS) is 13.6. The summed E-state index contributed by atoms with van der Waals surface area (Å²) in [5.41, 5.74) is 1.93. The van der Waals surface area contributed by atoms with Crippen molar-refractivity contribution in [2.75, 3.05) is 20.4 Å². The molecule has 3 rings (SSSR count). The van der Waals surface area contributed by atoms with E-state index in [0.717, 1.165) is 22.6 Å². The van der Waals surface area contributed by atoms with Crippen LogP contribution in [0.25, 0.3) is 0 Å². The fraction of sp³-hybridized carbons (Fsp3) is 0.278. The monoisotopic (exact) mass is 313 g/mol. The molecular weight excluding hydrogens is 294 g/mol. The van der Waals surface area contributed by atoms with Gasteiger partial charge in [-0.1, -0.05) is 36.4 Å². The zero-order valence-corrected chi connectivity index (χ0v) is 13.0. The molecule has 0 spiro atoms. The molecule has 1 N–H and O–H groups in total. The number of rotatable bonds is 6. The summed E-state index contributed by atoms with van der Waals surface area (Å²) >= 11 is 0. The summed E-state index contributed by atoms with van der Waals surface area (Å²) in [7, 11) is 1.54. The highest BCUT2D eigenvalue weighted by Gasteiger charge is 2.19. The molecule has 2 aromatic carbocycles. The van der Waals surface area contributed by atoms with E-state index >= 15 is 0 Å². The van der Waals surface area contributed by atoms with Crippen molar-refractivity contribution in [3.05, 3.63) is 59.7 Å². The average molecular weight is 313 g/mol. The Balaban J connectivity index is 1.54. The molecule has 0 radical (unpaired) electrons. The molecule has 5 heteroatoms. The summed E-state index contributed by atoms with van der Waals surface area (Å²) in [6.07, 6.45) is 0.126. The molecule has 2 aromatic rings. The third-order valence-corrected chi connectivity index (χ3v) is 3.73. The highest BCUT2D eigenvalue weighted by molar-refractivity contribution is 5.82. The Kier molecular flexibility index (Phi) is 4.78. The lowest BCUT2D eigenvalue weighted by Gasteiger charge is -2.15. The minimum atomic E-state index is -0.590. The Hall–Kier alpha value is -2.53. The molecule has 1 amide bonds. The van der Waals surface area contributed by atoms with E-state index in [1.165, 1.54) is 7.11 Å². The zero-order valence-electron chi connectivity index (χ0n) is 13.0. The summed E-state index contributed by atoms with van der Waals surface area (Å²) in [5.74, 6) is 1.38. The van der Waals surface area contributed by atoms with Crippen molar-refractivity contribution in [2.24, 2.45) is 0 Å². The number of benzene rings is 2. The number of carbonyl (C=O) groups excluding carboxylic acids is 1. The molecule has 120 valence electrons. The topological polar surface area (TPSA) is 56.8 Å². The predicted molar refractivity (Wildman–Crippen MR) is 85.5 cm³/mol. The maximum Gasteiger partial charge on any atom is 0.253 e. The fourth-order valence-electron chi connectivity index (χ4n) is 2.54. The second-order valence-corrected chi connectivity index (χ2v) is 5.26. The molecule has 1 atom stereocenters. The van der Waals surface area contributed by atoms with Gasteiger partial charge < -0.3 is 19.5 Å². The van der Waals surface area contributed by atoms with Gasteiger partial charge >= 0.3 is 0 Å². The molecular formula is C18H19NO4. The molecule has 1 unspecified atom stereocenters. The SMILES string of the molecule is COC(C(=O)NCCc1ccc2c(c1)OCO2)c1ccccc1. The molecule has 0 aromatic heterocycles. The van der Waals surface area contributed by atoms with E-state index in [1.807, 2.05) is 48.5 Å². The Bertz CT molecular complexity index is 672. The zero-order chi connectivity index (χ0) is 16.1. The van der Waals surface area contributed by atoms with Crippen molar-refractivity contribution in [1.29, 1.82) is 0 Å². The van der Waals surface area contributed by atoms with Crippen LogP contribution in [0.15, 0.2) is 48.5 Å². The predicted octanol–water partition coefficient (Wildman–Crippen LogP) is 2.46. The minimum absolute atomic E-state index is 0.139. The van der Waals surface area contributed by atoms with E-state index in [2.05, 4.69) is 5.32 Å². The Labute approximate surface area is 135 Å². The van der Waals surface area contributed by atoms with Gasteiger partial charge in [0.25, 0.3) is 5.91 Å². The summed E-state index contributed by atoms with van der Waals surface area (Å²) < 4.78 is 15.9. The lowest BCUT2D eigenvalue weighted by molar-refractivity contribution is -0.131. The third-order valence-electron chi connectivity index (χ3n) is 3.73. The molecule has 5 nitrogen and oxygen atoms in total. The molecule has 1 aliphatic heterocycles. The van der Waals surface area contributed by atoms with Crippen LogP contribution in [-0.2, 0) is 16.0 Å². The Morgan fingerprint density at radius 2 is 1.96 bits per heavy atom. The lowest BCUT2D eigenvalue weighted by Crippen LogP contribution is -2.31. The number of carbonyl (C=O) groups is 1. The van der Waals surface area contributed by atoms with Gasteiger partial charge in [0, 0.05) is 13.7 Å². The summed E-state index contributed by atoms with van der Waals surface area (Å²) in [5, 5.41) is 2.91. The summed E-state index contributed by atoms with van der Waals surface area (Å²) in [6.45, 7) is 0.799. The van der Waals surface area contributed by atoms with Crippen LogP contribution in [0.4, 0.5) is 0 Å². The highest BCUT2D eigenvalue weighted by atomic mass is 16.7. The first-order chi connectivity index (χ1) is 11.3. The van der Waals surface area contributed by atoms with E-state index in [-0.39, 0.29) is 12.7 Å². The van der Waals surface area contributed by atoms with Crippen molar-refractivity contribution in [3.63, 3.8) is 0 Å². The number of hydrogen-bond donors (Lipinski definition) is 1. The van der Waals surface area contributed by atoms with E-state index in [0.29, 0.717) is 13.0 Å². The summed E-state index contributed by atoms with van der Waals surface area (Å²) in [4.78, 5) is 12.3. The van der Waals surface area contributed by atoms with Gasteiger partial charge in [0.1, 0.15) is 0 Å². The van der Waals surface area contributed by atoms with E-state index in [1.54, 1.807) is 0 Å². The second kappa shape index (κ2) is 7.15. The van der Waals surface area contributed by atoms with Crippen molar-refractivity contribution in [1.82, 2.24) is 5.32 Å². The van der Waals surface area contributed by atoms with Crippen LogP contribution in [-0.4, -0.2) is 26.4 Å². The lowest BCUT2D eigenvalue weighted by atomic mass is 10.1.